The summed E-state index contributed by atoms with van der Waals surface area (Å²) in [4.78, 5) is 15.9. The topological polar surface area (TPSA) is 70.7 Å². The van der Waals surface area contributed by atoms with E-state index in [9.17, 15) is 4.79 Å². The summed E-state index contributed by atoms with van der Waals surface area (Å²) in [5.74, 6) is 0.814. The lowest BCUT2D eigenvalue weighted by Gasteiger charge is -2.22. The minimum atomic E-state index is 0.109. The first kappa shape index (κ1) is 12.9. The second-order valence-electron chi connectivity index (χ2n) is 4.75. The van der Waals surface area contributed by atoms with Gasteiger partial charge in [0.25, 0.3) is 0 Å². The highest BCUT2D eigenvalue weighted by Crippen LogP contribution is 2.32. The summed E-state index contributed by atoms with van der Waals surface area (Å²) in [6, 6.07) is 7.64. The first-order valence-corrected chi connectivity index (χ1v) is 6.70. The third kappa shape index (κ3) is 2.88. The molecule has 1 heterocycles. The van der Waals surface area contributed by atoms with Gasteiger partial charge in [0, 0.05) is 23.2 Å². The lowest BCUT2D eigenvalue weighted by Crippen LogP contribution is -2.17. The number of nitrogens with one attached hydrogen (secondary N) is 2. The van der Waals surface area contributed by atoms with Crippen LogP contribution in [0.4, 0.5) is 5.95 Å². The molecule has 1 aliphatic carbocycles. The molecule has 0 amide bonds. The van der Waals surface area contributed by atoms with E-state index in [1.54, 1.807) is 6.08 Å². The zero-order chi connectivity index (χ0) is 13.9. The van der Waals surface area contributed by atoms with Crippen molar-refractivity contribution in [3.63, 3.8) is 0 Å². The van der Waals surface area contributed by atoms with E-state index in [1.165, 1.54) is 6.33 Å². The van der Waals surface area contributed by atoms with Gasteiger partial charge in [0.1, 0.15) is 6.33 Å². The molecule has 102 valence electrons. The molecule has 0 radical (unpaired) electrons. The zero-order valence-corrected chi connectivity index (χ0v) is 11.4. The van der Waals surface area contributed by atoms with Crippen molar-refractivity contribution in [3.8, 4) is 0 Å². The van der Waals surface area contributed by atoms with Crippen LogP contribution >= 0.6 is 11.6 Å². The monoisotopic (exact) mass is 288 g/mol. The van der Waals surface area contributed by atoms with Crippen LogP contribution in [-0.4, -0.2) is 21.0 Å². The number of aromatic amines is 1. The third-order valence-electron chi connectivity index (χ3n) is 3.28. The number of ketones is 1. The molecular formula is C14H13ClN4O. The fraction of sp³-hybridized carbons (Fsp3) is 0.214. The van der Waals surface area contributed by atoms with E-state index in [0.717, 1.165) is 17.7 Å². The SMILES string of the molecule is O=C1C=C(Nc2ncn[nH]2)C[C@@H](c2ccc(Cl)cc2)C1. The van der Waals surface area contributed by atoms with Crippen molar-refractivity contribution in [1.82, 2.24) is 15.2 Å². The largest absolute Gasteiger partial charge is 0.328 e. The van der Waals surface area contributed by atoms with Crippen LogP contribution in [0.5, 0.6) is 0 Å². The average Bonchev–Trinajstić information content (AvgIpc) is 2.91. The van der Waals surface area contributed by atoms with Crippen LogP contribution in [0.2, 0.25) is 5.02 Å². The Morgan fingerprint density at radius 2 is 2.05 bits per heavy atom. The summed E-state index contributed by atoms with van der Waals surface area (Å²) >= 11 is 5.89. The number of nitrogens with zero attached hydrogens (tertiary/aromatic N) is 2. The molecule has 0 bridgehead atoms. The molecule has 0 aliphatic heterocycles. The summed E-state index contributed by atoms with van der Waals surface area (Å²) in [5, 5.41) is 10.3. The summed E-state index contributed by atoms with van der Waals surface area (Å²) in [6.07, 6.45) is 4.33. The van der Waals surface area contributed by atoms with Crippen LogP contribution in [0.3, 0.4) is 0 Å². The molecule has 0 saturated carbocycles. The summed E-state index contributed by atoms with van der Waals surface area (Å²) in [6.45, 7) is 0. The molecule has 1 aliphatic rings. The van der Waals surface area contributed by atoms with E-state index < -0.39 is 0 Å². The first-order chi connectivity index (χ1) is 9.70. The number of hydrogen-bond donors (Lipinski definition) is 2. The van der Waals surface area contributed by atoms with Crippen molar-refractivity contribution >= 4 is 23.3 Å². The Hall–Kier alpha value is -2.14. The van der Waals surface area contributed by atoms with Crippen LogP contribution < -0.4 is 5.32 Å². The van der Waals surface area contributed by atoms with Crippen molar-refractivity contribution in [1.29, 1.82) is 0 Å². The predicted octanol–water partition coefficient (Wildman–Crippen LogP) is 2.90. The van der Waals surface area contributed by atoms with E-state index in [4.69, 9.17) is 11.6 Å². The number of carbonyl (C=O) groups excluding carboxylic acids is 1. The Kier molecular flexibility index (Phi) is 3.52. The van der Waals surface area contributed by atoms with Crippen LogP contribution in [0.25, 0.3) is 0 Å². The van der Waals surface area contributed by atoms with Gasteiger partial charge >= 0.3 is 0 Å². The highest BCUT2D eigenvalue weighted by Gasteiger charge is 2.22. The molecule has 3 rings (SSSR count). The van der Waals surface area contributed by atoms with Crippen molar-refractivity contribution < 1.29 is 4.79 Å². The van der Waals surface area contributed by atoms with Crippen molar-refractivity contribution in [2.24, 2.45) is 0 Å². The summed E-state index contributed by atoms with van der Waals surface area (Å²) in [7, 11) is 0. The minimum Gasteiger partial charge on any atom is -0.328 e. The lowest BCUT2D eigenvalue weighted by atomic mass is 9.85. The lowest BCUT2D eigenvalue weighted by molar-refractivity contribution is -0.115. The third-order valence-corrected chi connectivity index (χ3v) is 3.54. The van der Waals surface area contributed by atoms with Crippen molar-refractivity contribution in [2.45, 2.75) is 18.8 Å². The Balaban J connectivity index is 1.77. The Morgan fingerprint density at radius 3 is 2.75 bits per heavy atom. The second-order valence-corrected chi connectivity index (χ2v) is 5.19. The maximum atomic E-state index is 11.9. The van der Waals surface area contributed by atoms with E-state index in [1.807, 2.05) is 24.3 Å². The Bertz CT molecular complexity index is 634. The molecule has 1 aromatic heterocycles. The van der Waals surface area contributed by atoms with Crippen LogP contribution in [0, 0.1) is 0 Å². The van der Waals surface area contributed by atoms with Crippen LogP contribution in [0.1, 0.15) is 24.3 Å². The smallest absolute Gasteiger partial charge is 0.222 e. The Labute approximate surface area is 121 Å². The number of benzene rings is 1. The molecular weight excluding hydrogens is 276 g/mol. The molecule has 0 unspecified atom stereocenters. The number of aromatic nitrogens is 3. The van der Waals surface area contributed by atoms with Crippen LogP contribution in [-0.2, 0) is 4.79 Å². The number of H-pyrrole nitrogens is 1. The maximum absolute atomic E-state index is 11.9. The number of anilines is 1. The molecule has 5 nitrogen and oxygen atoms in total. The number of halogens is 1. The average molecular weight is 289 g/mol. The fourth-order valence-corrected chi connectivity index (χ4v) is 2.49. The van der Waals surface area contributed by atoms with Crippen molar-refractivity contribution in [2.75, 3.05) is 5.32 Å². The molecule has 0 fully saturated rings. The molecule has 6 heteroatoms. The molecule has 0 spiro atoms. The molecule has 20 heavy (non-hydrogen) atoms. The van der Waals surface area contributed by atoms with E-state index >= 15 is 0 Å². The molecule has 1 aromatic carbocycles. The maximum Gasteiger partial charge on any atom is 0.222 e. The molecule has 1 atom stereocenters. The van der Waals surface area contributed by atoms with Gasteiger partial charge in [0.15, 0.2) is 5.78 Å². The summed E-state index contributed by atoms with van der Waals surface area (Å²) in [5.41, 5.74) is 1.96. The quantitative estimate of drug-likeness (QED) is 0.911. The van der Waals surface area contributed by atoms with Gasteiger partial charge in [0.2, 0.25) is 5.95 Å². The number of hydrogen-bond acceptors (Lipinski definition) is 4. The number of allylic oxidation sites excluding steroid dienone is 2. The van der Waals surface area contributed by atoms with Gasteiger partial charge < -0.3 is 5.32 Å². The fourth-order valence-electron chi connectivity index (χ4n) is 2.37. The normalized spacial score (nSPS) is 18.8. The zero-order valence-electron chi connectivity index (χ0n) is 10.6. The number of rotatable bonds is 3. The molecule has 0 saturated heterocycles. The molecule has 2 aromatic rings. The highest BCUT2D eigenvalue weighted by molar-refractivity contribution is 6.30. The second kappa shape index (κ2) is 5.46. The van der Waals surface area contributed by atoms with Gasteiger partial charge in [-0.2, -0.15) is 10.1 Å². The number of carbonyl (C=O) groups is 1. The van der Waals surface area contributed by atoms with E-state index in [-0.39, 0.29) is 11.7 Å². The van der Waals surface area contributed by atoms with Gasteiger partial charge in [-0.1, -0.05) is 23.7 Å². The minimum absolute atomic E-state index is 0.109. The summed E-state index contributed by atoms with van der Waals surface area (Å²) < 4.78 is 0. The van der Waals surface area contributed by atoms with Gasteiger partial charge in [-0.15, -0.1) is 0 Å². The van der Waals surface area contributed by atoms with E-state index in [2.05, 4.69) is 20.5 Å². The van der Waals surface area contributed by atoms with Gasteiger partial charge in [-0.3, -0.25) is 4.79 Å². The standard InChI is InChI=1S/C14H13ClN4O/c15-11-3-1-9(2-4-11)10-5-12(7-13(20)6-10)18-14-16-8-17-19-14/h1-4,7-8,10H,5-6H2,(H2,16,17,18,19)/t10-/m1/s1. The van der Waals surface area contributed by atoms with Gasteiger partial charge in [0.05, 0.1) is 0 Å². The molecule has 2 N–H and O–H groups in total. The predicted molar refractivity (Wildman–Crippen MR) is 76.5 cm³/mol. The highest BCUT2D eigenvalue weighted by atomic mass is 35.5. The van der Waals surface area contributed by atoms with Gasteiger partial charge in [-0.25, -0.2) is 5.10 Å². The van der Waals surface area contributed by atoms with Gasteiger partial charge in [-0.05, 0) is 30.0 Å². The first-order valence-electron chi connectivity index (χ1n) is 6.32. The Morgan fingerprint density at radius 1 is 1.25 bits per heavy atom. The van der Waals surface area contributed by atoms with Crippen molar-refractivity contribution in [3.05, 3.63) is 53.0 Å². The van der Waals surface area contributed by atoms with E-state index in [0.29, 0.717) is 17.4 Å². The van der Waals surface area contributed by atoms with Crippen LogP contribution in [0.15, 0.2) is 42.4 Å².